The molecule has 13 heavy (non-hydrogen) atoms. The SMILES string of the molecule is COCC(CC(C)C(C)(C)C)NN. The van der Waals surface area contributed by atoms with Crippen molar-refractivity contribution in [1.29, 1.82) is 0 Å². The third-order valence-electron chi connectivity index (χ3n) is 2.72. The van der Waals surface area contributed by atoms with E-state index in [1.807, 2.05) is 0 Å². The number of hydrazine groups is 1. The fraction of sp³-hybridized carbons (Fsp3) is 1.00. The quantitative estimate of drug-likeness (QED) is 0.508. The Bertz CT molecular complexity index is 131. The Kier molecular flexibility index (Phi) is 5.53. The molecule has 80 valence electrons. The van der Waals surface area contributed by atoms with Crippen molar-refractivity contribution in [1.82, 2.24) is 5.43 Å². The molecule has 3 N–H and O–H groups in total. The summed E-state index contributed by atoms with van der Waals surface area (Å²) >= 11 is 0. The fourth-order valence-corrected chi connectivity index (χ4v) is 1.17. The first-order valence-electron chi connectivity index (χ1n) is 4.87. The molecule has 2 atom stereocenters. The standard InChI is InChI=1S/C10H24N2O/c1-8(10(2,3)4)6-9(12-11)7-13-5/h8-9,12H,6-7,11H2,1-5H3. The van der Waals surface area contributed by atoms with Gasteiger partial charge >= 0.3 is 0 Å². The lowest BCUT2D eigenvalue weighted by atomic mass is 9.78. The lowest BCUT2D eigenvalue weighted by molar-refractivity contribution is 0.136. The van der Waals surface area contributed by atoms with Gasteiger partial charge in [0.15, 0.2) is 0 Å². The number of rotatable bonds is 5. The van der Waals surface area contributed by atoms with E-state index in [1.165, 1.54) is 0 Å². The van der Waals surface area contributed by atoms with Gasteiger partial charge in [-0.05, 0) is 17.8 Å². The molecule has 0 bridgehead atoms. The second-order valence-electron chi connectivity index (χ2n) is 4.82. The lowest BCUT2D eigenvalue weighted by Crippen LogP contribution is -2.41. The normalized spacial score (nSPS) is 17.1. The van der Waals surface area contributed by atoms with E-state index in [0.717, 1.165) is 6.42 Å². The Labute approximate surface area is 82.0 Å². The highest BCUT2D eigenvalue weighted by molar-refractivity contribution is 4.75. The topological polar surface area (TPSA) is 47.3 Å². The molecule has 0 spiro atoms. The summed E-state index contributed by atoms with van der Waals surface area (Å²) in [5.74, 6) is 6.05. The van der Waals surface area contributed by atoms with Crippen LogP contribution in [0.15, 0.2) is 0 Å². The Hall–Kier alpha value is -0.120. The van der Waals surface area contributed by atoms with Gasteiger partial charge in [-0.25, -0.2) is 0 Å². The van der Waals surface area contributed by atoms with Gasteiger partial charge in [-0.1, -0.05) is 27.7 Å². The molecule has 0 heterocycles. The number of hydrogen-bond donors (Lipinski definition) is 2. The van der Waals surface area contributed by atoms with E-state index >= 15 is 0 Å². The highest BCUT2D eigenvalue weighted by atomic mass is 16.5. The molecule has 0 amide bonds. The first-order valence-corrected chi connectivity index (χ1v) is 4.87. The molecule has 0 aliphatic rings. The van der Waals surface area contributed by atoms with Crippen LogP contribution in [0.5, 0.6) is 0 Å². The molecule has 0 radical (unpaired) electrons. The molecule has 3 nitrogen and oxygen atoms in total. The number of hydrogen-bond acceptors (Lipinski definition) is 3. The van der Waals surface area contributed by atoms with Gasteiger partial charge in [-0.3, -0.25) is 11.3 Å². The minimum Gasteiger partial charge on any atom is -0.383 e. The summed E-state index contributed by atoms with van der Waals surface area (Å²) < 4.78 is 5.07. The van der Waals surface area contributed by atoms with Gasteiger partial charge < -0.3 is 4.74 Å². The van der Waals surface area contributed by atoms with E-state index in [9.17, 15) is 0 Å². The smallest absolute Gasteiger partial charge is 0.0629 e. The molecule has 3 heteroatoms. The monoisotopic (exact) mass is 188 g/mol. The minimum atomic E-state index is 0.263. The molecule has 2 unspecified atom stereocenters. The van der Waals surface area contributed by atoms with Gasteiger partial charge in [-0.15, -0.1) is 0 Å². The van der Waals surface area contributed by atoms with Gasteiger partial charge in [-0.2, -0.15) is 0 Å². The minimum absolute atomic E-state index is 0.263. The average Bonchev–Trinajstić information content (AvgIpc) is 2.01. The van der Waals surface area contributed by atoms with Crippen molar-refractivity contribution in [3.8, 4) is 0 Å². The summed E-state index contributed by atoms with van der Waals surface area (Å²) in [7, 11) is 1.70. The number of ether oxygens (including phenoxy) is 1. The maximum atomic E-state index is 5.42. The molecule has 0 aliphatic heterocycles. The molecular formula is C10H24N2O. The molecule has 0 aromatic carbocycles. The summed E-state index contributed by atoms with van der Waals surface area (Å²) in [4.78, 5) is 0. The maximum Gasteiger partial charge on any atom is 0.0629 e. The Morgan fingerprint density at radius 3 is 2.23 bits per heavy atom. The first kappa shape index (κ1) is 12.9. The van der Waals surface area contributed by atoms with Crippen LogP contribution in [0.1, 0.15) is 34.1 Å². The van der Waals surface area contributed by atoms with E-state index in [2.05, 4.69) is 33.1 Å². The molecule has 0 saturated heterocycles. The van der Waals surface area contributed by atoms with Crippen molar-refractivity contribution in [2.45, 2.75) is 40.2 Å². The summed E-state index contributed by atoms with van der Waals surface area (Å²) in [5.41, 5.74) is 3.12. The third-order valence-corrected chi connectivity index (χ3v) is 2.72. The van der Waals surface area contributed by atoms with Crippen LogP contribution in [0, 0.1) is 11.3 Å². The highest BCUT2D eigenvalue weighted by Crippen LogP contribution is 2.28. The number of nitrogens with one attached hydrogen (secondary N) is 1. The van der Waals surface area contributed by atoms with E-state index in [4.69, 9.17) is 10.6 Å². The third kappa shape index (κ3) is 5.24. The van der Waals surface area contributed by atoms with Crippen molar-refractivity contribution >= 4 is 0 Å². The Balaban J connectivity index is 3.93. The van der Waals surface area contributed by atoms with Crippen LogP contribution >= 0.6 is 0 Å². The Morgan fingerprint density at radius 2 is 1.92 bits per heavy atom. The van der Waals surface area contributed by atoms with Crippen LogP contribution in [0.3, 0.4) is 0 Å². The van der Waals surface area contributed by atoms with Gasteiger partial charge in [0, 0.05) is 13.2 Å². The number of nitrogens with two attached hydrogens (primary N) is 1. The van der Waals surface area contributed by atoms with Crippen LogP contribution in [0.25, 0.3) is 0 Å². The van der Waals surface area contributed by atoms with Crippen molar-refractivity contribution < 1.29 is 4.74 Å². The zero-order valence-electron chi connectivity index (χ0n) is 9.55. The Morgan fingerprint density at radius 1 is 1.38 bits per heavy atom. The van der Waals surface area contributed by atoms with Crippen molar-refractivity contribution in [2.75, 3.05) is 13.7 Å². The van der Waals surface area contributed by atoms with Crippen molar-refractivity contribution in [3.63, 3.8) is 0 Å². The van der Waals surface area contributed by atoms with E-state index in [-0.39, 0.29) is 6.04 Å². The predicted molar refractivity (Wildman–Crippen MR) is 56.2 cm³/mol. The van der Waals surface area contributed by atoms with Crippen LogP contribution in [0.2, 0.25) is 0 Å². The largest absolute Gasteiger partial charge is 0.383 e. The zero-order valence-corrected chi connectivity index (χ0v) is 9.55. The molecule has 0 rings (SSSR count). The lowest BCUT2D eigenvalue weighted by Gasteiger charge is -2.30. The molecule has 0 fully saturated rings. The van der Waals surface area contributed by atoms with Gasteiger partial charge in [0.2, 0.25) is 0 Å². The summed E-state index contributed by atoms with van der Waals surface area (Å²) in [6, 6.07) is 0.263. The maximum absolute atomic E-state index is 5.42. The summed E-state index contributed by atoms with van der Waals surface area (Å²) in [6.45, 7) is 9.67. The second-order valence-corrected chi connectivity index (χ2v) is 4.82. The molecule has 0 saturated carbocycles. The second kappa shape index (κ2) is 5.58. The first-order chi connectivity index (χ1) is 5.91. The fourth-order valence-electron chi connectivity index (χ4n) is 1.17. The van der Waals surface area contributed by atoms with Gasteiger partial charge in [0.1, 0.15) is 0 Å². The summed E-state index contributed by atoms with van der Waals surface area (Å²) in [6.07, 6.45) is 1.05. The van der Waals surface area contributed by atoms with Crippen LogP contribution in [-0.4, -0.2) is 19.8 Å². The van der Waals surface area contributed by atoms with E-state index < -0.39 is 0 Å². The van der Waals surface area contributed by atoms with Gasteiger partial charge in [0.25, 0.3) is 0 Å². The molecule has 0 aromatic rings. The molecular weight excluding hydrogens is 164 g/mol. The van der Waals surface area contributed by atoms with Crippen molar-refractivity contribution in [3.05, 3.63) is 0 Å². The van der Waals surface area contributed by atoms with Crippen LogP contribution < -0.4 is 11.3 Å². The highest BCUT2D eigenvalue weighted by Gasteiger charge is 2.22. The van der Waals surface area contributed by atoms with E-state index in [0.29, 0.717) is 17.9 Å². The van der Waals surface area contributed by atoms with E-state index in [1.54, 1.807) is 7.11 Å². The average molecular weight is 188 g/mol. The number of methoxy groups -OCH3 is 1. The van der Waals surface area contributed by atoms with Crippen LogP contribution in [0.4, 0.5) is 0 Å². The zero-order chi connectivity index (χ0) is 10.5. The molecule has 0 aromatic heterocycles. The van der Waals surface area contributed by atoms with Crippen molar-refractivity contribution in [2.24, 2.45) is 17.2 Å². The predicted octanol–water partition coefficient (Wildman–Crippen LogP) is 1.54. The van der Waals surface area contributed by atoms with Gasteiger partial charge in [0.05, 0.1) is 6.61 Å². The summed E-state index contributed by atoms with van der Waals surface area (Å²) in [5, 5.41) is 0. The molecule has 0 aliphatic carbocycles. The van der Waals surface area contributed by atoms with Crippen LogP contribution in [-0.2, 0) is 4.74 Å².